The summed E-state index contributed by atoms with van der Waals surface area (Å²) >= 11 is 0. The lowest BCUT2D eigenvalue weighted by atomic mass is 10.2. The molecule has 0 aromatic heterocycles. The molecule has 2 rings (SSSR count). The van der Waals surface area contributed by atoms with Gasteiger partial charge in [-0.25, -0.2) is 0 Å². The predicted octanol–water partition coefficient (Wildman–Crippen LogP) is 2.76. The van der Waals surface area contributed by atoms with Crippen molar-refractivity contribution in [1.82, 2.24) is 9.80 Å². The third kappa shape index (κ3) is 8.25. The van der Waals surface area contributed by atoms with Gasteiger partial charge in [0.25, 0.3) is 5.69 Å². The number of benzene rings is 1. The van der Waals surface area contributed by atoms with Gasteiger partial charge < -0.3 is 14.8 Å². The molecular weight excluding hydrogens is 388 g/mol. The number of nitrogens with zero attached hydrogens (tertiary/aromatic N) is 3. The van der Waals surface area contributed by atoms with E-state index < -0.39 is 4.92 Å². The Labute approximate surface area is 178 Å². The molecule has 0 spiro atoms. The number of nitro groups is 1. The fraction of sp³-hybridized carbons (Fsp3) is 0.667. The molecule has 30 heavy (non-hydrogen) atoms. The number of hydrogen-bond donors (Lipinski definition) is 1. The molecule has 1 fully saturated rings. The van der Waals surface area contributed by atoms with E-state index in [2.05, 4.69) is 22.0 Å². The van der Waals surface area contributed by atoms with E-state index in [1.165, 1.54) is 38.2 Å². The van der Waals surface area contributed by atoms with Crippen molar-refractivity contribution in [3.8, 4) is 5.75 Å². The first-order valence-corrected chi connectivity index (χ1v) is 10.7. The van der Waals surface area contributed by atoms with Gasteiger partial charge in [-0.05, 0) is 19.0 Å². The summed E-state index contributed by atoms with van der Waals surface area (Å²) in [6.45, 7) is 8.43. The highest BCUT2D eigenvalue weighted by Crippen LogP contribution is 2.28. The molecule has 1 aliphatic heterocycles. The number of rotatable bonds is 13. The number of anilines is 1. The number of amides is 1. The molecule has 1 aliphatic rings. The zero-order chi connectivity index (χ0) is 21.8. The molecule has 0 saturated carbocycles. The van der Waals surface area contributed by atoms with Crippen LogP contribution in [0, 0.1) is 10.1 Å². The monoisotopic (exact) mass is 422 g/mol. The smallest absolute Gasteiger partial charge is 0.273 e. The van der Waals surface area contributed by atoms with Gasteiger partial charge in [0.1, 0.15) is 5.75 Å². The molecule has 9 nitrogen and oxygen atoms in total. The molecule has 0 unspecified atom stereocenters. The average molecular weight is 423 g/mol. The molecule has 1 aromatic rings. The Morgan fingerprint density at radius 2 is 2.03 bits per heavy atom. The first-order valence-electron chi connectivity index (χ1n) is 10.7. The maximum absolute atomic E-state index is 12.7. The van der Waals surface area contributed by atoms with E-state index in [4.69, 9.17) is 9.47 Å². The van der Waals surface area contributed by atoms with Gasteiger partial charge in [0.2, 0.25) is 5.91 Å². The number of nitrogens with one attached hydrogen (secondary N) is 1. The van der Waals surface area contributed by atoms with Crippen molar-refractivity contribution in [1.29, 1.82) is 0 Å². The fourth-order valence-electron chi connectivity index (χ4n) is 3.43. The van der Waals surface area contributed by atoms with Crippen LogP contribution in [0.25, 0.3) is 0 Å². The number of nitro benzene ring substituents is 1. The van der Waals surface area contributed by atoms with Crippen LogP contribution < -0.4 is 10.1 Å². The Hall–Kier alpha value is -2.23. The van der Waals surface area contributed by atoms with Crippen LogP contribution in [0.5, 0.6) is 5.75 Å². The van der Waals surface area contributed by atoms with E-state index in [9.17, 15) is 14.9 Å². The molecule has 0 bridgehead atoms. The lowest BCUT2D eigenvalue weighted by Crippen LogP contribution is -2.43. The van der Waals surface area contributed by atoms with Crippen LogP contribution in [0.1, 0.15) is 32.6 Å². The summed E-state index contributed by atoms with van der Waals surface area (Å²) < 4.78 is 10.6. The Morgan fingerprint density at radius 3 is 2.70 bits per heavy atom. The first-order chi connectivity index (χ1) is 14.5. The van der Waals surface area contributed by atoms with Crippen molar-refractivity contribution < 1.29 is 19.2 Å². The van der Waals surface area contributed by atoms with Crippen molar-refractivity contribution >= 4 is 17.3 Å². The van der Waals surface area contributed by atoms with E-state index >= 15 is 0 Å². The number of unbranched alkanes of at least 4 members (excludes halogenated alkanes) is 3. The second-order valence-electron chi connectivity index (χ2n) is 7.48. The van der Waals surface area contributed by atoms with Gasteiger partial charge in [-0.3, -0.25) is 24.7 Å². The SMILES string of the molecule is CCCCCCN(CCN1CCOCC1)CC(=O)Nc1ccc([N+](=O)[O-])cc1OC. The third-order valence-corrected chi connectivity index (χ3v) is 5.20. The van der Waals surface area contributed by atoms with Crippen molar-refractivity contribution in [2.75, 3.05) is 64.9 Å². The van der Waals surface area contributed by atoms with Crippen LogP contribution in [0.2, 0.25) is 0 Å². The van der Waals surface area contributed by atoms with Crippen molar-refractivity contribution in [3.05, 3.63) is 28.3 Å². The number of non-ortho nitro benzene ring substituents is 1. The first kappa shape index (κ1) is 24.0. The number of morpholine rings is 1. The molecule has 168 valence electrons. The highest BCUT2D eigenvalue weighted by Gasteiger charge is 2.17. The van der Waals surface area contributed by atoms with E-state index in [0.29, 0.717) is 5.69 Å². The van der Waals surface area contributed by atoms with Crippen LogP contribution in [0.3, 0.4) is 0 Å². The van der Waals surface area contributed by atoms with Crippen LogP contribution in [-0.2, 0) is 9.53 Å². The topological polar surface area (TPSA) is 97.2 Å². The van der Waals surface area contributed by atoms with E-state index in [-0.39, 0.29) is 23.9 Å². The Morgan fingerprint density at radius 1 is 1.27 bits per heavy atom. The summed E-state index contributed by atoms with van der Waals surface area (Å²) in [5.74, 6) is 0.125. The second-order valence-corrected chi connectivity index (χ2v) is 7.48. The van der Waals surface area contributed by atoms with E-state index in [1.54, 1.807) is 0 Å². The van der Waals surface area contributed by atoms with Gasteiger partial charge in [-0.15, -0.1) is 0 Å². The van der Waals surface area contributed by atoms with Gasteiger partial charge in [-0.2, -0.15) is 0 Å². The Kier molecular flexibility index (Phi) is 10.5. The number of methoxy groups -OCH3 is 1. The lowest BCUT2D eigenvalue weighted by Gasteiger charge is -2.30. The minimum atomic E-state index is -0.488. The molecule has 1 aromatic carbocycles. The number of carbonyl (C=O) groups excluding carboxylic acids is 1. The summed E-state index contributed by atoms with van der Waals surface area (Å²) in [4.78, 5) is 27.7. The molecular formula is C21H34N4O5. The fourth-order valence-corrected chi connectivity index (χ4v) is 3.43. The summed E-state index contributed by atoms with van der Waals surface area (Å²) in [6.07, 6.45) is 4.59. The van der Waals surface area contributed by atoms with Crippen molar-refractivity contribution in [3.63, 3.8) is 0 Å². The van der Waals surface area contributed by atoms with Gasteiger partial charge in [0.05, 0.1) is 43.5 Å². The van der Waals surface area contributed by atoms with Gasteiger partial charge in [0.15, 0.2) is 0 Å². The quantitative estimate of drug-likeness (QED) is 0.297. The number of ether oxygens (including phenoxy) is 2. The van der Waals surface area contributed by atoms with Crippen LogP contribution in [-0.4, -0.2) is 80.2 Å². The van der Waals surface area contributed by atoms with Crippen molar-refractivity contribution in [2.45, 2.75) is 32.6 Å². The van der Waals surface area contributed by atoms with Gasteiger partial charge in [-0.1, -0.05) is 26.2 Å². The summed E-state index contributed by atoms with van der Waals surface area (Å²) in [5, 5.41) is 13.8. The maximum atomic E-state index is 12.7. The van der Waals surface area contributed by atoms with Crippen LogP contribution >= 0.6 is 0 Å². The van der Waals surface area contributed by atoms with Crippen LogP contribution in [0.15, 0.2) is 18.2 Å². The van der Waals surface area contributed by atoms with E-state index in [1.807, 2.05) is 0 Å². The average Bonchev–Trinajstić information content (AvgIpc) is 2.75. The van der Waals surface area contributed by atoms with Crippen LogP contribution in [0.4, 0.5) is 11.4 Å². The zero-order valence-corrected chi connectivity index (χ0v) is 18.1. The molecule has 1 amide bonds. The highest BCUT2D eigenvalue weighted by atomic mass is 16.6. The summed E-state index contributed by atoms with van der Waals surface area (Å²) in [6, 6.07) is 4.18. The molecule has 0 atom stereocenters. The minimum absolute atomic E-state index is 0.0760. The normalized spacial score (nSPS) is 14.6. The largest absolute Gasteiger partial charge is 0.494 e. The number of carbonyl (C=O) groups is 1. The van der Waals surface area contributed by atoms with E-state index in [0.717, 1.165) is 58.8 Å². The zero-order valence-electron chi connectivity index (χ0n) is 18.1. The lowest BCUT2D eigenvalue weighted by molar-refractivity contribution is -0.384. The standard InChI is InChI=1S/C21H34N4O5/c1-3-4-5-6-9-24(11-10-23-12-14-30-15-13-23)17-21(26)22-19-8-7-18(25(27)28)16-20(19)29-2/h7-8,16H,3-6,9-15,17H2,1-2H3,(H,22,26). The number of hydrogen-bond acceptors (Lipinski definition) is 7. The van der Waals surface area contributed by atoms with Gasteiger partial charge in [0, 0.05) is 32.2 Å². The third-order valence-electron chi connectivity index (χ3n) is 5.20. The predicted molar refractivity (Wildman–Crippen MR) is 116 cm³/mol. The molecule has 1 saturated heterocycles. The molecule has 9 heteroatoms. The summed E-state index contributed by atoms with van der Waals surface area (Å²) in [7, 11) is 1.43. The van der Waals surface area contributed by atoms with Gasteiger partial charge >= 0.3 is 0 Å². The maximum Gasteiger partial charge on any atom is 0.273 e. The van der Waals surface area contributed by atoms with Crippen molar-refractivity contribution in [2.24, 2.45) is 0 Å². The molecule has 0 radical (unpaired) electrons. The molecule has 0 aliphatic carbocycles. The Bertz CT molecular complexity index is 679. The highest BCUT2D eigenvalue weighted by molar-refractivity contribution is 5.93. The molecule has 1 N–H and O–H groups in total. The second kappa shape index (κ2) is 13.1. The minimum Gasteiger partial charge on any atom is -0.494 e. The Balaban J connectivity index is 1.93. The summed E-state index contributed by atoms with van der Waals surface area (Å²) in [5.41, 5.74) is 0.361. The molecule has 1 heterocycles.